The van der Waals surface area contributed by atoms with Crippen LogP contribution in [0, 0.1) is 6.92 Å². The smallest absolute Gasteiger partial charge is 0.224 e. The van der Waals surface area contributed by atoms with E-state index in [1.54, 1.807) is 0 Å². The lowest BCUT2D eigenvalue weighted by Gasteiger charge is -2.15. The van der Waals surface area contributed by atoms with Crippen molar-refractivity contribution in [1.82, 2.24) is 10.2 Å². The van der Waals surface area contributed by atoms with Crippen LogP contribution in [0.5, 0.6) is 0 Å². The van der Waals surface area contributed by atoms with Gasteiger partial charge in [-0.25, -0.2) is 0 Å². The molecule has 1 amide bonds. The summed E-state index contributed by atoms with van der Waals surface area (Å²) in [6.45, 7) is 5.29. The predicted octanol–water partition coefficient (Wildman–Crippen LogP) is 2.01. The fourth-order valence-electron chi connectivity index (χ4n) is 2.68. The van der Waals surface area contributed by atoms with E-state index in [9.17, 15) is 4.79 Å². The van der Waals surface area contributed by atoms with Crippen LogP contribution in [0.4, 0.5) is 5.69 Å². The molecule has 20 heavy (non-hydrogen) atoms. The molecule has 1 aliphatic heterocycles. The van der Waals surface area contributed by atoms with Crippen molar-refractivity contribution in [2.75, 3.05) is 32.0 Å². The highest BCUT2D eigenvalue weighted by Crippen LogP contribution is 2.12. The van der Waals surface area contributed by atoms with Crippen LogP contribution in [0.2, 0.25) is 0 Å². The molecule has 1 fully saturated rings. The Morgan fingerprint density at radius 1 is 1.45 bits per heavy atom. The maximum atomic E-state index is 11.9. The Kier molecular flexibility index (Phi) is 5.56. The van der Waals surface area contributed by atoms with Crippen molar-refractivity contribution in [3.63, 3.8) is 0 Å². The molecule has 0 radical (unpaired) electrons. The second kappa shape index (κ2) is 7.41. The lowest BCUT2D eigenvalue weighted by molar-refractivity contribution is -0.116. The average Bonchev–Trinajstić information content (AvgIpc) is 2.86. The molecule has 4 heteroatoms. The van der Waals surface area contributed by atoms with Crippen molar-refractivity contribution < 1.29 is 4.79 Å². The molecule has 1 aromatic rings. The van der Waals surface area contributed by atoms with Crippen LogP contribution >= 0.6 is 0 Å². The molecular weight excluding hydrogens is 250 g/mol. The number of nitrogens with one attached hydrogen (secondary N) is 2. The molecule has 1 heterocycles. The van der Waals surface area contributed by atoms with Crippen LogP contribution in [-0.2, 0) is 4.79 Å². The average molecular weight is 275 g/mol. The van der Waals surface area contributed by atoms with Gasteiger partial charge < -0.3 is 15.5 Å². The summed E-state index contributed by atoms with van der Waals surface area (Å²) < 4.78 is 0. The second-order valence-corrected chi connectivity index (χ2v) is 5.60. The zero-order chi connectivity index (χ0) is 14.4. The number of rotatable bonds is 6. The number of nitrogens with zero attached hydrogens (tertiary/aromatic N) is 1. The van der Waals surface area contributed by atoms with E-state index in [1.165, 1.54) is 6.42 Å². The zero-order valence-electron chi connectivity index (χ0n) is 12.5. The molecular formula is C16H25N3O. The fraction of sp³-hybridized carbons (Fsp3) is 0.562. The van der Waals surface area contributed by atoms with Crippen LogP contribution in [0.1, 0.15) is 24.8 Å². The maximum Gasteiger partial charge on any atom is 0.224 e. The molecule has 1 atom stereocenters. The normalized spacial score (nSPS) is 19.2. The minimum absolute atomic E-state index is 0.111. The number of aryl methyl sites for hydroxylation is 1. The van der Waals surface area contributed by atoms with E-state index in [-0.39, 0.29) is 5.91 Å². The van der Waals surface area contributed by atoms with E-state index in [0.717, 1.165) is 37.3 Å². The highest BCUT2D eigenvalue weighted by Gasteiger charge is 2.20. The van der Waals surface area contributed by atoms with Gasteiger partial charge in [-0.3, -0.25) is 4.79 Å². The van der Waals surface area contributed by atoms with Gasteiger partial charge in [0, 0.05) is 24.7 Å². The van der Waals surface area contributed by atoms with E-state index in [4.69, 9.17) is 0 Å². The van der Waals surface area contributed by atoms with E-state index >= 15 is 0 Å². The van der Waals surface area contributed by atoms with Crippen molar-refractivity contribution in [2.45, 2.75) is 32.2 Å². The minimum atomic E-state index is 0.111. The fourth-order valence-corrected chi connectivity index (χ4v) is 2.68. The predicted molar refractivity (Wildman–Crippen MR) is 82.9 cm³/mol. The van der Waals surface area contributed by atoms with E-state index in [2.05, 4.69) is 15.5 Å². The summed E-state index contributed by atoms with van der Waals surface area (Å²) in [4.78, 5) is 14.3. The molecule has 2 N–H and O–H groups in total. The number of anilines is 1. The summed E-state index contributed by atoms with van der Waals surface area (Å²) in [7, 11) is 2.02. The third kappa shape index (κ3) is 4.62. The minimum Gasteiger partial charge on any atom is -0.326 e. The molecule has 2 rings (SSSR count). The summed E-state index contributed by atoms with van der Waals surface area (Å²) in [5.74, 6) is 0.111. The molecule has 1 aromatic carbocycles. The first kappa shape index (κ1) is 15.0. The highest BCUT2D eigenvalue weighted by atomic mass is 16.1. The summed E-state index contributed by atoms with van der Waals surface area (Å²) in [5, 5.41) is 6.27. The molecule has 0 aliphatic carbocycles. The van der Waals surface area contributed by atoms with Crippen molar-refractivity contribution in [2.24, 2.45) is 0 Å². The Hall–Kier alpha value is -1.39. The SMILES string of the molecule is CNC1CCN(CCCC(=O)Nc2cccc(C)c2)C1. The Morgan fingerprint density at radius 3 is 3.00 bits per heavy atom. The van der Waals surface area contributed by atoms with Crippen molar-refractivity contribution in [3.05, 3.63) is 29.8 Å². The molecule has 0 bridgehead atoms. The number of likely N-dealkylation sites (N-methyl/N-ethyl adjacent to an activating group) is 1. The molecule has 1 aliphatic rings. The van der Waals surface area contributed by atoms with Gasteiger partial charge in [-0.1, -0.05) is 12.1 Å². The third-order valence-electron chi connectivity index (χ3n) is 3.86. The number of benzene rings is 1. The van der Waals surface area contributed by atoms with Crippen LogP contribution in [0.15, 0.2) is 24.3 Å². The van der Waals surface area contributed by atoms with Crippen molar-refractivity contribution >= 4 is 11.6 Å². The number of carbonyl (C=O) groups is 1. The van der Waals surface area contributed by atoms with Gasteiger partial charge in [0.05, 0.1) is 0 Å². The molecule has 0 saturated carbocycles. The van der Waals surface area contributed by atoms with Crippen LogP contribution in [0.25, 0.3) is 0 Å². The van der Waals surface area contributed by atoms with Gasteiger partial charge >= 0.3 is 0 Å². The van der Waals surface area contributed by atoms with Gasteiger partial charge in [0.1, 0.15) is 0 Å². The monoisotopic (exact) mass is 275 g/mol. The van der Waals surface area contributed by atoms with Crippen LogP contribution in [0.3, 0.4) is 0 Å². The lowest BCUT2D eigenvalue weighted by atomic mass is 10.2. The number of hydrogen-bond acceptors (Lipinski definition) is 3. The summed E-state index contributed by atoms with van der Waals surface area (Å²) in [6, 6.07) is 8.55. The van der Waals surface area contributed by atoms with Crippen LogP contribution in [-0.4, -0.2) is 43.5 Å². The van der Waals surface area contributed by atoms with Gasteiger partial charge in [-0.05, 0) is 57.6 Å². The Bertz CT molecular complexity index is 447. The molecule has 0 aromatic heterocycles. The topological polar surface area (TPSA) is 44.4 Å². The maximum absolute atomic E-state index is 11.9. The van der Waals surface area contributed by atoms with Gasteiger partial charge in [-0.15, -0.1) is 0 Å². The molecule has 110 valence electrons. The Balaban J connectivity index is 1.66. The molecule has 4 nitrogen and oxygen atoms in total. The van der Waals surface area contributed by atoms with Gasteiger partial charge in [0.25, 0.3) is 0 Å². The van der Waals surface area contributed by atoms with E-state index in [0.29, 0.717) is 12.5 Å². The van der Waals surface area contributed by atoms with E-state index < -0.39 is 0 Å². The number of amides is 1. The summed E-state index contributed by atoms with van der Waals surface area (Å²) in [5.41, 5.74) is 2.06. The molecule has 1 saturated heterocycles. The molecule has 0 spiro atoms. The first-order valence-electron chi connectivity index (χ1n) is 7.43. The van der Waals surface area contributed by atoms with E-state index in [1.807, 2.05) is 38.2 Å². The van der Waals surface area contributed by atoms with Crippen molar-refractivity contribution in [3.8, 4) is 0 Å². The van der Waals surface area contributed by atoms with Gasteiger partial charge in [0.15, 0.2) is 0 Å². The Morgan fingerprint density at radius 2 is 2.30 bits per heavy atom. The number of carbonyl (C=O) groups excluding carboxylic acids is 1. The van der Waals surface area contributed by atoms with Gasteiger partial charge in [-0.2, -0.15) is 0 Å². The Labute approximate surface area is 121 Å². The number of hydrogen-bond donors (Lipinski definition) is 2. The second-order valence-electron chi connectivity index (χ2n) is 5.60. The number of likely N-dealkylation sites (tertiary alicyclic amines) is 1. The third-order valence-corrected chi connectivity index (χ3v) is 3.86. The standard InChI is InChI=1S/C16H25N3O/c1-13-5-3-6-14(11-13)18-16(20)7-4-9-19-10-8-15(12-19)17-2/h3,5-6,11,15,17H,4,7-10,12H2,1-2H3,(H,18,20). The first-order chi connectivity index (χ1) is 9.67. The summed E-state index contributed by atoms with van der Waals surface area (Å²) in [6.07, 6.45) is 2.73. The zero-order valence-corrected chi connectivity index (χ0v) is 12.5. The largest absolute Gasteiger partial charge is 0.326 e. The van der Waals surface area contributed by atoms with Gasteiger partial charge in [0.2, 0.25) is 5.91 Å². The quantitative estimate of drug-likeness (QED) is 0.834. The first-order valence-corrected chi connectivity index (χ1v) is 7.43. The molecule has 1 unspecified atom stereocenters. The highest BCUT2D eigenvalue weighted by molar-refractivity contribution is 5.90. The summed E-state index contributed by atoms with van der Waals surface area (Å²) >= 11 is 0. The van der Waals surface area contributed by atoms with Crippen molar-refractivity contribution in [1.29, 1.82) is 0 Å². The van der Waals surface area contributed by atoms with Crippen LogP contribution < -0.4 is 10.6 Å². The lowest BCUT2D eigenvalue weighted by Crippen LogP contribution is -2.30.